The fraction of sp³-hybridized carbons (Fsp3) is 0.333. The third-order valence-corrected chi connectivity index (χ3v) is 3.02. The van der Waals surface area contributed by atoms with E-state index in [0.717, 1.165) is 11.4 Å². The smallest absolute Gasteiger partial charge is 0.203 e. The second kappa shape index (κ2) is 6.23. The van der Waals surface area contributed by atoms with E-state index in [1.165, 1.54) is 0 Å². The van der Waals surface area contributed by atoms with Gasteiger partial charge in [-0.25, -0.2) is 0 Å². The van der Waals surface area contributed by atoms with Crippen molar-refractivity contribution in [2.45, 2.75) is 13.0 Å². The van der Waals surface area contributed by atoms with Crippen LogP contribution in [0, 0.1) is 0 Å². The molecule has 1 heterocycles. The molecular formula is C15H19NO4. The molecule has 1 aromatic heterocycles. The Morgan fingerprint density at radius 1 is 1.05 bits per heavy atom. The Balaban J connectivity index is 2.28. The lowest BCUT2D eigenvalue weighted by atomic mass is 10.2. The molecule has 0 saturated carbocycles. The first-order valence-electron chi connectivity index (χ1n) is 6.29. The van der Waals surface area contributed by atoms with Crippen LogP contribution in [0.1, 0.15) is 18.7 Å². The SMILES string of the molecule is COc1cc(NC(C)c2ccco2)cc(OC)c1OC. The van der Waals surface area contributed by atoms with E-state index in [1.54, 1.807) is 27.6 Å². The average molecular weight is 277 g/mol. The largest absolute Gasteiger partial charge is 0.493 e. The van der Waals surface area contributed by atoms with Crippen LogP contribution in [0.15, 0.2) is 34.9 Å². The molecule has 20 heavy (non-hydrogen) atoms. The van der Waals surface area contributed by atoms with E-state index >= 15 is 0 Å². The van der Waals surface area contributed by atoms with Crippen LogP contribution < -0.4 is 19.5 Å². The Hall–Kier alpha value is -2.30. The van der Waals surface area contributed by atoms with Gasteiger partial charge < -0.3 is 23.9 Å². The molecule has 0 saturated heterocycles. The zero-order chi connectivity index (χ0) is 14.5. The molecule has 1 atom stereocenters. The number of hydrogen-bond donors (Lipinski definition) is 1. The molecular weight excluding hydrogens is 258 g/mol. The summed E-state index contributed by atoms with van der Waals surface area (Å²) in [7, 11) is 4.77. The maximum atomic E-state index is 5.38. The molecule has 0 amide bonds. The number of methoxy groups -OCH3 is 3. The summed E-state index contributed by atoms with van der Waals surface area (Å²) in [4.78, 5) is 0. The van der Waals surface area contributed by atoms with Crippen LogP contribution in [0.2, 0.25) is 0 Å². The molecule has 0 radical (unpaired) electrons. The molecule has 1 unspecified atom stereocenters. The van der Waals surface area contributed by atoms with Crippen molar-refractivity contribution in [1.29, 1.82) is 0 Å². The summed E-state index contributed by atoms with van der Waals surface area (Å²) in [6.45, 7) is 2.02. The van der Waals surface area contributed by atoms with Gasteiger partial charge in [-0.1, -0.05) is 0 Å². The van der Waals surface area contributed by atoms with Crippen LogP contribution in [0.4, 0.5) is 5.69 Å². The Bertz CT molecular complexity index is 526. The van der Waals surface area contributed by atoms with Gasteiger partial charge in [-0.05, 0) is 19.1 Å². The van der Waals surface area contributed by atoms with Gasteiger partial charge in [0, 0.05) is 17.8 Å². The van der Waals surface area contributed by atoms with Crippen molar-refractivity contribution in [2.24, 2.45) is 0 Å². The Morgan fingerprint density at radius 2 is 1.70 bits per heavy atom. The number of hydrogen-bond acceptors (Lipinski definition) is 5. The first kappa shape index (κ1) is 14.1. The van der Waals surface area contributed by atoms with Gasteiger partial charge in [0.2, 0.25) is 5.75 Å². The van der Waals surface area contributed by atoms with Gasteiger partial charge in [-0.15, -0.1) is 0 Å². The monoisotopic (exact) mass is 277 g/mol. The highest BCUT2D eigenvalue weighted by Crippen LogP contribution is 2.40. The molecule has 0 aliphatic carbocycles. The quantitative estimate of drug-likeness (QED) is 0.876. The van der Waals surface area contributed by atoms with Crippen LogP contribution in [-0.2, 0) is 0 Å². The van der Waals surface area contributed by atoms with Crippen LogP contribution in [0.3, 0.4) is 0 Å². The molecule has 5 heteroatoms. The minimum atomic E-state index is 0.0350. The van der Waals surface area contributed by atoms with Gasteiger partial charge in [-0.3, -0.25) is 0 Å². The van der Waals surface area contributed by atoms with Crippen molar-refractivity contribution in [3.05, 3.63) is 36.3 Å². The van der Waals surface area contributed by atoms with Gasteiger partial charge in [0.25, 0.3) is 0 Å². The van der Waals surface area contributed by atoms with Crippen molar-refractivity contribution in [2.75, 3.05) is 26.6 Å². The van der Waals surface area contributed by atoms with Gasteiger partial charge >= 0.3 is 0 Å². The first-order chi connectivity index (χ1) is 9.69. The van der Waals surface area contributed by atoms with Gasteiger partial charge in [0.15, 0.2) is 11.5 Å². The van der Waals surface area contributed by atoms with E-state index in [-0.39, 0.29) is 6.04 Å². The summed E-state index contributed by atoms with van der Waals surface area (Å²) in [5, 5.41) is 3.34. The Morgan fingerprint density at radius 3 is 2.15 bits per heavy atom. The molecule has 5 nitrogen and oxygen atoms in total. The number of anilines is 1. The van der Waals surface area contributed by atoms with E-state index in [1.807, 2.05) is 31.2 Å². The van der Waals surface area contributed by atoms with E-state index < -0.39 is 0 Å². The highest BCUT2D eigenvalue weighted by atomic mass is 16.5. The van der Waals surface area contributed by atoms with E-state index in [0.29, 0.717) is 17.2 Å². The summed E-state index contributed by atoms with van der Waals surface area (Å²) < 4.78 is 21.3. The number of furan rings is 1. The van der Waals surface area contributed by atoms with Crippen LogP contribution in [0.25, 0.3) is 0 Å². The highest BCUT2D eigenvalue weighted by molar-refractivity contribution is 5.62. The lowest BCUT2D eigenvalue weighted by molar-refractivity contribution is 0.324. The van der Waals surface area contributed by atoms with E-state index in [9.17, 15) is 0 Å². The topological polar surface area (TPSA) is 52.9 Å². The Labute approximate surface area is 118 Å². The molecule has 0 bridgehead atoms. The van der Waals surface area contributed by atoms with Gasteiger partial charge in [0.05, 0.1) is 33.6 Å². The second-order valence-electron chi connectivity index (χ2n) is 4.30. The number of nitrogens with one attached hydrogen (secondary N) is 1. The summed E-state index contributed by atoms with van der Waals surface area (Å²) in [6, 6.07) is 7.55. The van der Waals surface area contributed by atoms with Crippen molar-refractivity contribution in [3.8, 4) is 17.2 Å². The Kier molecular flexibility index (Phi) is 4.40. The fourth-order valence-electron chi connectivity index (χ4n) is 2.02. The fourth-order valence-corrected chi connectivity index (χ4v) is 2.02. The molecule has 1 N–H and O–H groups in total. The second-order valence-corrected chi connectivity index (χ2v) is 4.30. The lowest BCUT2D eigenvalue weighted by Crippen LogP contribution is -2.06. The normalized spacial score (nSPS) is 11.8. The standard InChI is InChI=1S/C15H19NO4/c1-10(12-6-5-7-20-12)16-11-8-13(17-2)15(19-4)14(9-11)18-3/h5-10,16H,1-4H3. The van der Waals surface area contributed by atoms with E-state index in [4.69, 9.17) is 18.6 Å². The zero-order valence-electron chi connectivity index (χ0n) is 12.1. The van der Waals surface area contributed by atoms with Crippen LogP contribution >= 0.6 is 0 Å². The van der Waals surface area contributed by atoms with Gasteiger partial charge in [-0.2, -0.15) is 0 Å². The molecule has 0 fully saturated rings. The number of benzene rings is 1. The van der Waals surface area contributed by atoms with Gasteiger partial charge in [0.1, 0.15) is 5.76 Å². The van der Waals surface area contributed by atoms with E-state index in [2.05, 4.69) is 5.32 Å². The third-order valence-electron chi connectivity index (χ3n) is 3.02. The predicted molar refractivity (Wildman–Crippen MR) is 76.8 cm³/mol. The first-order valence-corrected chi connectivity index (χ1v) is 6.29. The minimum Gasteiger partial charge on any atom is -0.493 e. The summed E-state index contributed by atoms with van der Waals surface area (Å²) in [5.74, 6) is 2.66. The van der Waals surface area contributed by atoms with Crippen molar-refractivity contribution >= 4 is 5.69 Å². The van der Waals surface area contributed by atoms with Crippen LogP contribution in [-0.4, -0.2) is 21.3 Å². The average Bonchev–Trinajstić information content (AvgIpc) is 3.00. The molecule has 0 spiro atoms. The highest BCUT2D eigenvalue weighted by Gasteiger charge is 2.15. The van der Waals surface area contributed by atoms with Crippen LogP contribution in [0.5, 0.6) is 17.2 Å². The molecule has 2 rings (SSSR count). The maximum Gasteiger partial charge on any atom is 0.203 e. The molecule has 0 aliphatic rings. The van der Waals surface area contributed by atoms with Crippen molar-refractivity contribution in [3.63, 3.8) is 0 Å². The van der Waals surface area contributed by atoms with Crippen molar-refractivity contribution < 1.29 is 18.6 Å². The molecule has 2 aromatic rings. The molecule has 108 valence electrons. The summed E-state index contributed by atoms with van der Waals surface area (Å²) >= 11 is 0. The molecule has 1 aromatic carbocycles. The molecule has 0 aliphatic heterocycles. The summed E-state index contributed by atoms with van der Waals surface area (Å²) in [5.41, 5.74) is 0.864. The summed E-state index contributed by atoms with van der Waals surface area (Å²) in [6.07, 6.45) is 1.66. The number of rotatable bonds is 6. The third kappa shape index (κ3) is 2.82. The lowest BCUT2D eigenvalue weighted by Gasteiger charge is -2.17. The maximum absolute atomic E-state index is 5.38. The predicted octanol–water partition coefficient (Wildman–Crippen LogP) is 3.48. The minimum absolute atomic E-state index is 0.0350. The number of ether oxygens (including phenoxy) is 3. The zero-order valence-corrected chi connectivity index (χ0v) is 12.1. The van der Waals surface area contributed by atoms with Crippen molar-refractivity contribution in [1.82, 2.24) is 0 Å².